The Labute approximate surface area is 194 Å². The van der Waals surface area contributed by atoms with Crippen LogP contribution in [0.5, 0.6) is 0 Å². The second-order valence-corrected chi connectivity index (χ2v) is 8.57. The van der Waals surface area contributed by atoms with Crippen molar-refractivity contribution in [2.75, 3.05) is 13.1 Å². The van der Waals surface area contributed by atoms with Gasteiger partial charge in [0, 0.05) is 44.3 Å². The third-order valence-corrected chi connectivity index (χ3v) is 5.59. The molecule has 186 valence electrons. The molecule has 1 spiro atoms. The summed E-state index contributed by atoms with van der Waals surface area (Å²) in [6, 6.07) is 6.11. The Balaban J connectivity index is 0.000000406. The van der Waals surface area contributed by atoms with E-state index >= 15 is 0 Å². The second kappa shape index (κ2) is 10.5. The first-order valence-electron chi connectivity index (χ1n) is 10.9. The highest BCUT2D eigenvalue weighted by molar-refractivity contribution is 5.81. The molecule has 2 N–H and O–H groups in total. The summed E-state index contributed by atoms with van der Waals surface area (Å²) < 4.78 is 40.2. The number of carboxylic acids is 1. The molecule has 0 saturated carbocycles. The standard InChI is InChI=1S/C20H27N5O2.C2HF3O2/c1-15(2)23-18(26)17-14-25-12-9-22-19(25)20(27-17)6-10-24(11-7-20)13-16-5-3-4-8-21-16;3-2(4,5)1(6)7/h3-5,8-9,12,15,17H,6-7,10-11,13-14H2,1-2H3,(H,23,26);(H,6,7). The highest BCUT2D eigenvalue weighted by Crippen LogP contribution is 2.40. The summed E-state index contributed by atoms with van der Waals surface area (Å²) in [5, 5.41) is 10.1. The average molecular weight is 483 g/mol. The molecule has 2 aliphatic rings. The van der Waals surface area contributed by atoms with Gasteiger partial charge in [-0.05, 0) is 38.8 Å². The van der Waals surface area contributed by atoms with Crippen molar-refractivity contribution in [2.45, 2.75) is 63.7 Å². The number of nitrogens with one attached hydrogen (secondary N) is 1. The maximum absolute atomic E-state index is 12.6. The largest absolute Gasteiger partial charge is 0.490 e. The molecule has 0 aliphatic carbocycles. The topological polar surface area (TPSA) is 110 Å². The number of imidazole rings is 1. The Morgan fingerprint density at radius 1 is 1.24 bits per heavy atom. The third kappa shape index (κ3) is 6.32. The first kappa shape index (κ1) is 25.6. The predicted octanol–water partition coefficient (Wildman–Crippen LogP) is 2.33. The smallest absolute Gasteiger partial charge is 0.475 e. The van der Waals surface area contributed by atoms with Crippen LogP contribution in [0.4, 0.5) is 13.2 Å². The van der Waals surface area contributed by atoms with Crippen molar-refractivity contribution in [3.05, 3.63) is 48.3 Å². The van der Waals surface area contributed by atoms with E-state index in [1.807, 2.05) is 44.6 Å². The fraction of sp³-hybridized carbons (Fsp3) is 0.545. The molecule has 4 heterocycles. The van der Waals surface area contributed by atoms with Crippen LogP contribution >= 0.6 is 0 Å². The lowest BCUT2D eigenvalue weighted by Gasteiger charge is -2.45. The molecule has 1 fully saturated rings. The van der Waals surface area contributed by atoms with Gasteiger partial charge in [-0.1, -0.05) is 6.07 Å². The summed E-state index contributed by atoms with van der Waals surface area (Å²) in [5.41, 5.74) is 0.593. The molecule has 2 aromatic heterocycles. The molecular formula is C22H28F3N5O4. The first-order valence-corrected chi connectivity index (χ1v) is 10.9. The van der Waals surface area contributed by atoms with Gasteiger partial charge in [0.2, 0.25) is 0 Å². The number of fused-ring (bicyclic) bond motifs is 2. The molecule has 1 saturated heterocycles. The van der Waals surface area contributed by atoms with Crippen LogP contribution in [-0.4, -0.2) is 67.8 Å². The number of ether oxygens (including phenoxy) is 1. The number of amides is 1. The van der Waals surface area contributed by atoms with Gasteiger partial charge in [0.15, 0.2) is 6.10 Å². The number of aromatic nitrogens is 3. The molecule has 2 aliphatic heterocycles. The lowest BCUT2D eigenvalue weighted by Crippen LogP contribution is -2.54. The number of alkyl halides is 3. The number of aliphatic carboxylic acids is 1. The Morgan fingerprint density at radius 2 is 1.91 bits per heavy atom. The van der Waals surface area contributed by atoms with Crippen molar-refractivity contribution >= 4 is 11.9 Å². The summed E-state index contributed by atoms with van der Waals surface area (Å²) >= 11 is 0. The summed E-state index contributed by atoms with van der Waals surface area (Å²) in [6.07, 6.45) is 1.68. The highest BCUT2D eigenvalue weighted by Gasteiger charge is 2.47. The van der Waals surface area contributed by atoms with Gasteiger partial charge in [0.05, 0.1) is 12.2 Å². The molecule has 4 rings (SSSR count). The number of carboxylic acid groups (broad SMARTS) is 1. The van der Waals surface area contributed by atoms with Gasteiger partial charge < -0.3 is 19.7 Å². The zero-order valence-corrected chi connectivity index (χ0v) is 19.0. The summed E-state index contributed by atoms with van der Waals surface area (Å²) in [6.45, 7) is 7.07. The molecule has 0 aromatic carbocycles. The number of carbonyl (C=O) groups excluding carboxylic acids is 1. The van der Waals surface area contributed by atoms with Crippen LogP contribution in [0.15, 0.2) is 36.8 Å². The Morgan fingerprint density at radius 3 is 2.47 bits per heavy atom. The number of carbonyl (C=O) groups is 2. The van der Waals surface area contributed by atoms with E-state index in [1.165, 1.54) is 0 Å². The minimum Gasteiger partial charge on any atom is -0.475 e. The van der Waals surface area contributed by atoms with Crippen molar-refractivity contribution in [3.8, 4) is 0 Å². The minimum absolute atomic E-state index is 0.0420. The fourth-order valence-electron chi connectivity index (χ4n) is 4.05. The molecule has 1 unspecified atom stereocenters. The highest BCUT2D eigenvalue weighted by atomic mass is 19.4. The maximum atomic E-state index is 12.6. The number of rotatable bonds is 4. The second-order valence-electron chi connectivity index (χ2n) is 8.57. The van der Waals surface area contributed by atoms with E-state index in [4.69, 9.17) is 14.6 Å². The van der Waals surface area contributed by atoms with E-state index in [9.17, 15) is 18.0 Å². The Bertz CT molecular complexity index is 972. The first-order chi connectivity index (χ1) is 16.0. The third-order valence-electron chi connectivity index (χ3n) is 5.59. The van der Waals surface area contributed by atoms with Crippen LogP contribution in [0.1, 0.15) is 38.2 Å². The number of pyridine rings is 1. The van der Waals surface area contributed by atoms with Crippen LogP contribution in [0, 0.1) is 0 Å². The van der Waals surface area contributed by atoms with Crippen molar-refractivity contribution in [2.24, 2.45) is 0 Å². The SMILES string of the molecule is CC(C)NC(=O)C1Cn2ccnc2C2(CCN(Cc3ccccn3)CC2)O1.O=C(O)C(F)(F)F. The summed E-state index contributed by atoms with van der Waals surface area (Å²) in [4.78, 5) is 32.9. The molecule has 2 aromatic rings. The van der Waals surface area contributed by atoms with Gasteiger partial charge in [-0.2, -0.15) is 13.2 Å². The van der Waals surface area contributed by atoms with E-state index in [0.717, 1.165) is 44.0 Å². The molecule has 12 heteroatoms. The summed E-state index contributed by atoms with van der Waals surface area (Å²) in [7, 11) is 0. The Hall–Kier alpha value is -2.99. The number of piperidine rings is 1. The minimum atomic E-state index is -5.08. The van der Waals surface area contributed by atoms with Gasteiger partial charge in [0.25, 0.3) is 5.91 Å². The van der Waals surface area contributed by atoms with Gasteiger partial charge in [-0.15, -0.1) is 0 Å². The number of halogens is 3. The van der Waals surface area contributed by atoms with E-state index in [-0.39, 0.29) is 11.9 Å². The molecule has 0 radical (unpaired) electrons. The van der Waals surface area contributed by atoms with Gasteiger partial charge in [-0.3, -0.25) is 14.7 Å². The molecule has 1 atom stereocenters. The zero-order chi connectivity index (χ0) is 24.9. The van der Waals surface area contributed by atoms with Crippen molar-refractivity contribution in [1.82, 2.24) is 24.8 Å². The van der Waals surface area contributed by atoms with Crippen LogP contribution in [-0.2, 0) is 33.0 Å². The quantitative estimate of drug-likeness (QED) is 0.687. The van der Waals surface area contributed by atoms with Crippen molar-refractivity contribution in [3.63, 3.8) is 0 Å². The molecule has 9 nitrogen and oxygen atoms in total. The summed E-state index contributed by atoms with van der Waals surface area (Å²) in [5.74, 6) is -1.85. The fourth-order valence-corrected chi connectivity index (χ4v) is 4.05. The lowest BCUT2D eigenvalue weighted by atomic mass is 9.88. The molecule has 34 heavy (non-hydrogen) atoms. The van der Waals surface area contributed by atoms with Crippen LogP contribution in [0.2, 0.25) is 0 Å². The lowest BCUT2D eigenvalue weighted by molar-refractivity contribution is -0.192. The van der Waals surface area contributed by atoms with E-state index in [0.29, 0.717) is 6.54 Å². The van der Waals surface area contributed by atoms with E-state index < -0.39 is 23.9 Å². The number of likely N-dealkylation sites (tertiary alicyclic amines) is 1. The van der Waals surface area contributed by atoms with Crippen LogP contribution in [0.25, 0.3) is 0 Å². The molecular weight excluding hydrogens is 455 g/mol. The number of hydrogen-bond acceptors (Lipinski definition) is 6. The number of hydrogen-bond donors (Lipinski definition) is 2. The van der Waals surface area contributed by atoms with Crippen molar-refractivity contribution in [1.29, 1.82) is 0 Å². The molecule has 1 amide bonds. The van der Waals surface area contributed by atoms with Gasteiger partial charge in [-0.25, -0.2) is 9.78 Å². The Kier molecular flexibility index (Phi) is 7.93. The number of nitrogens with zero attached hydrogens (tertiary/aromatic N) is 4. The van der Waals surface area contributed by atoms with Gasteiger partial charge >= 0.3 is 12.1 Å². The van der Waals surface area contributed by atoms with Crippen LogP contribution < -0.4 is 5.32 Å². The normalized spacial score (nSPS) is 19.8. The van der Waals surface area contributed by atoms with Crippen LogP contribution in [0.3, 0.4) is 0 Å². The monoisotopic (exact) mass is 483 g/mol. The van der Waals surface area contributed by atoms with Crippen molar-refractivity contribution < 1.29 is 32.6 Å². The maximum Gasteiger partial charge on any atom is 0.490 e. The van der Waals surface area contributed by atoms with E-state index in [2.05, 4.69) is 30.8 Å². The van der Waals surface area contributed by atoms with Gasteiger partial charge in [0.1, 0.15) is 11.4 Å². The predicted molar refractivity (Wildman–Crippen MR) is 114 cm³/mol. The zero-order valence-electron chi connectivity index (χ0n) is 19.0. The van der Waals surface area contributed by atoms with E-state index in [1.54, 1.807) is 0 Å². The average Bonchev–Trinajstić information content (AvgIpc) is 3.25. The molecule has 0 bridgehead atoms.